The van der Waals surface area contributed by atoms with Crippen LogP contribution in [0.4, 0.5) is 8.78 Å². The Morgan fingerprint density at radius 3 is 2.73 bits per heavy atom. The van der Waals surface area contributed by atoms with E-state index in [1.54, 1.807) is 12.3 Å². The summed E-state index contributed by atoms with van der Waals surface area (Å²) >= 11 is 0. The first-order valence-electron chi connectivity index (χ1n) is 4.61. The number of hydrogen-bond donors (Lipinski definition) is 0. The molecule has 0 atom stereocenters. The van der Waals surface area contributed by atoms with Crippen molar-refractivity contribution < 1.29 is 18.3 Å². The summed E-state index contributed by atoms with van der Waals surface area (Å²) in [6.45, 7) is 1.30. The summed E-state index contributed by atoms with van der Waals surface area (Å²) in [4.78, 5) is 3.95. The van der Waals surface area contributed by atoms with Gasteiger partial charge < -0.3 is 9.47 Å². The van der Waals surface area contributed by atoms with Gasteiger partial charge in [-0.1, -0.05) is 6.92 Å². The molecule has 0 aliphatic carbocycles. The largest absolute Gasteiger partial charge is 0.482 e. The minimum atomic E-state index is -2.50. The van der Waals surface area contributed by atoms with Gasteiger partial charge in [0.25, 0.3) is 12.3 Å². The quantitative estimate of drug-likeness (QED) is 0.758. The molecular formula is C10H13F2NO2. The molecule has 0 aromatic carbocycles. The Balaban J connectivity index is 2.81. The van der Waals surface area contributed by atoms with E-state index in [1.165, 1.54) is 7.11 Å². The van der Waals surface area contributed by atoms with E-state index in [4.69, 9.17) is 9.47 Å². The van der Waals surface area contributed by atoms with Crippen molar-refractivity contribution in [3.8, 4) is 11.6 Å². The van der Waals surface area contributed by atoms with Crippen molar-refractivity contribution in [2.75, 3.05) is 13.7 Å². The van der Waals surface area contributed by atoms with E-state index in [9.17, 15) is 8.78 Å². The topological polar surface area (TPSA) is 31.4 Å². The number of pyridine rings is 1. The molecule has 0 spiro atoms. The van der Waals surface area contributed by atoms with E-state index in [0.717, 1.165) is 12.0 Å². The Morgan fingerprint density at radius 2 is 2.20 bits per heavy atom. The number of alkyl halides is 2. The molecule has 0 amide bonds. The van der Waals surface area contributed by atoms with E-state index in [0.29, 0.717) is 0 Å². The monoisotopic (exact) mass is 217 g/mol. The van der Waals surface area contributed by atoms with Crippen LogP contribution in [0.15, 0.2) is 12.3 Å². The number of methoxy groups -OCH3 is 1. The maximum atomic E-state index is 12.0. The highest BCUT2D eigenvalue weighted by Crippen LogP contribution is 2.25. The molecule has 5 heteroatoms. The molecule has 0 N–H and O–H groups in total. The lowest BCUT2D eigenvalue weighted by molar-refractivity contribution is 0.0800. The summed E-state index contributed by atoms with van der Waals surface area (Å²) in [5.41, 5.74) is 0.917. The van der Waals surface area contributed by atoms with Gasteiger partial charge in [-0.15, -0.1) is 0 Å². The fraction of sp³-hybridized carbons (Fsp3) is 0.500. The second-order valence-corrected chi connectivity index (χ2v) is 2.91. The Bertz CT molecular complexity index is 318. The molecule has 0 saturated carbocycles. The van der Waals surface area contributed by atoms with Crippen LogP contribution in [-0.2, 0) is 6.42 Å². The van der Waals surface area contributed by atoms with Crippen LogP contribution < -0.4 is 9.47 Å². The van der Waals surface area contributed by atoms with Crippen molar-refractivity contribution in [2.45, 2.75) is 19.8 Å². The second-order valence-electron chi connectivity index (χ2n) is 2.91. The molecule has 1 rings (SSSR count). The van der Waals surface area contributed by atoms with Crippen LogP contribution in [0, 0.1) is 0 Å². The van der Waals surface area contributed by atoms with Gasteiger partial charge in [-0.25, -0.2) is 13.8 Å². The molecular weight excluding hydrogens is 204 g/mol. The van der Waals surface area contributed by atoms with Gasteiger partial charge in [0.05, 0.1) is 7.11 Å². The summed E-state index contributed by atoms with van der Waals surface area (Å²) in [5, 5.41) is 0. The second kappa shape index (κ2) is 5.48. The SMILES string of the molecule is CCc1cnc(OC)c(OCC(F)F)c1. The summed E-state index contributed by atoms with van der Waals surface area (Å²) in [6.07, 6.45) is -0.101. The third-order valence-electron chi connectivity index (χ3n) is 1.84. The third-order valence-corrected chi connectivity index (χ3v) is 1.84. The van der Waals surface area contributed by atoms with Gasteiger partial charge in [-0.3, -0.25) is 0 Å². The van der Waals surface area contributed by atoms with Gasteiger partial charge in [0.2, 0.25) is 0 Å². The molecule has 1 heterocycles. The third kappa shape index (κ3) is 3.34. The molecule has 0 aliphatic heterocycles. The Labute approximate surface area is 87.0 Å². The predicted octanol–water partition coefficient (Wildman–Crippen LogP) is 2.30. The molecule has 3 nitrogen and oxygen atoms in total. The van der Waals surface area contributed by atoms with Gasteiger partial charge in [-0.2, -0.15) is 0 Å². The predicted molar refractivity (Wildman–Crippen MR) is 51.7 cm³/mol. The molecule has 84 valence electrons. The van der Waals surface area contributed by atoms with E-state index in [-0.39, 0.29) is 11.6 Å². The molecule has 0 aliphatic rings. The number of rotatable bonds is 5. The van der Waals surface area contributed by atoms with Crippen molar-refractivity contribution in [1.82, 2.24) is 4.98 Å². The lowest BCUT2D eigenvalue weighted by atomic mass is 10.2. The zero-order valence-electron chi connectivity index (χ0n) is 8.67. The minimum Gasteiger partial charge on any atom is -0.482 e. The fourth-order valence-electron chi connectivity index (χ4n) is 1.08. The number of nitrogens with zero attached hydrogens (tertiary/aromatic N) is 1. The lowest BCUT2D eigenvalue weighted by Gasteiger charge is -2.10. The molecule has 0 saturated heterocycles. The minimum absolute atomic E-state index is 0.229. The lowest BCUT2D eigenvalue weighted by Crippen LogP contribution is -2.08. The van der Waals surface area contributed by atoms with Crippen LogP contribution in [0.3, 0.4) is 0 Å². The van der Waals surface area contributed by atoms with E-state index in [1.807, 2.05) is 6.92 Å². The maximum Gasteiger partial charge on any atom is 0.272 e. The van der Waals surface area contributed by atoms with Gasteiger partial charge in [-0.05, 0) is 18.1 Å². The van der Waals surface area contributed by atoms with Crippen LogP contribution in [0.1, 0.15) is 12.5 Å². The zero-order chi connectivity index (χ0) is 11.3. The number of aryl methyl sites for hydroxylation is 1. The molecule has 0 radical (unpaired) electrons. The average molecular weight is 217 g/mol. The Hall–Kier alpha value is -1.39. The fourth-order valence-corrected chi connectivity index (χ4v) is 1.08. The average Bonchev–Trinajstić information content (AvgIpc) is 2.25. The van der Waals surface area contributed by atoms with Crippen molar-refractivity contribution in [3.05, 3.63) is 17.8 Å². The van der Waals surface area contributed by atoms with Crippen LogP contribution in [0.5, 0.6) is 11.6 Å². The zero-order valence-corrected chi connectivity index (χ0v) is 8.67. The highest BCUT2D eigenvalue weighted by Gasteiger charge is 2.10. The molecule has 0 unspecified atom stereocenters. The number of aromatic nitrogens is 1. The molecule has 15 heavy (non-hydrogen) atoms. The summed E-state index contributed by atoms with van der Waals surface area (Å²) in [7, 11) is 1.42. The van der Waals surface area contributed by atoms with E-state index >= 15 is 0 Å². The van der Waals surface area contributed by atoms with Crippen LogP contribution in [-0.4, -0.2) is 25.1 Å². The standard InChI is InChI=1S/C10H13F2NO2/c1-3-7-4-8(15-6-9(11)12)10(14-2)13-5-7/h4-5,9H,3,6H2,1-2H3. The van der Waals surface area contributed by atoms with E-state index in [2.05, 4.69) is 4.98 Å². The Morgan fingerprint density at radius 1 is 1.47 bits per heavy atom. The highest BCUT2D eigenvalue weighted by molar-refractivity contribution is 5.36. The van der Waals surface area contributed by atoms with Crippen LogP contribution in [0.2, 0.25) is 0 Å². The maximum absolute atomic E-state index is 12.0. The summed E-state index contributed by atoms with van der Waals surface area (Å²) < 4.78 is 33.7. The first-order valence-corrected chi connectivity index (χ1v) is 4.61. The van der Waals surface area contributed by atoms with Gasteiger partial charge >= 0.3 is 0 Å². The summed E-state index contributed by atoms with van der Waals surface area (Å²) in [6, 6.07) is 1.66. The van der Waals surface area contributed by atoms with E-state index < -0.39 is 13.0 Å². The van der Waals surface area contributed by atoms with Crippen LogP contribution in [0.25, 0.3) is 0 Å². The first-order chi connectivity index (χ1) is 7.17. The highest BCUT2D eigenvalue weighted by atomic mass is 19.3. The number of halogens is 2. The van der Waals surface area contributed by atoms with Gasteiger partial charge in [0.1, 0.15) is 6.61 Å². The van der Waals surface area contributed by atoms with Crippen molar-refractivity contribution in [2.24, 2.45) is 0 Å². The number of hydrogen-bond acceptors (Lipinski definition) is 3. The molecule has 1 aromatic heterocycles. The Kier molecular flexibility index (Phi) is 4.27. The first kappa shape index (κ1) is 11.7. The van der Waals surface area contributed by atoms with Gasteiger partial charge in [0, 0.05) is 6.20 Å². The van der Waals surface area contributed by atoms with Crippen LogP contribution >= 0.6 is 0 Å². The molecule has 0 fully saturated rings. The normalized spacial score (nSPS) is 10.5. The van der Waals surface area contributed by atoms with Crippen molar-refractivity contribution >= 4 is 0 Å². The molecule has 1 aromatic rings. The van der Waals surface area contributed by atoms with Crippen molar-refractivity contribution in [3.63, 3.8) is 0 Å². The van der Waals surface area contributed by atoms with Gasteiger partial charge in [0.15, 0.2) is 5.75 Å². The molecule has 0 bridgehead atoms. The summed E-state index contributed by atoms with van der Waals surface area (Å²) in [5.74, 6) is 0.491. The van der Waals surface area contributed by atoms with Crippen molar-refractivity contribution in [1.29, 1.82) is 0 Å². The number of ether oxygens (including phenoxy) is 2. The smallest absolute Gasteiger partial charge is 0.272 e.